The van der Waals surface area contributed by atoms with Crippen molar-refractivity contribution < 1.29 is 19.4 Å². The van der Waals surface area contributed by atoms with E-state index in [9.17, 15) is 9.59 Å². The number of rotatable bonds is 6. The van der Waals surface area contributed by atoms with Gasteiger partial charge >= 0.3 is 5.97 Å². The van der Waals surface area contributed by atoms with E-state index in [4.69, 9.17) is 9.84 Å². The summed E-state index contributed by atoms with van der Waals surface area (Å²) in [7, 11) is 5.37. The van der Waals surface area contributed by atoms with Gasteiger partial charge in [0.2, 0.25) is 5.91 Å². The van der Waals surface area contributed by atoms with Crippen LogP contribution in [0.3, 0.4) is 0 Å². The molecule has 0 heterocycles. The fourth-order valence-corrected chi connectivity index (χ4v) is 1.65. The van der Waals surface area contributed by atoms with Crippen molar-refractivity contribution >= 4 is 17.6 Å². The van der Waals surface area contributed by atoms with Gasteiger partial charge < -0.3 is 20.1 Å². The Morgan fingerprint density at radius 3 is 2.58 bits per heavy atom. The molecular weight excluding hydrogens is 248 g/mol. The molecule has 104 valence electrons. The van der Waals surface area contributed by atoms with Crippen LogP contribution in [0.5, 0.6) is 5.75 Å². The molecule has 1 rings (SSSR count). The van der Waals surface area contributed by atoms with E-state index in [1.165, 1.54) is 7.11 Å². The summed E-state index contributed by atoms with van der Waals surface area (Å²) in [4.78, 5) is 23.9. The average Bonchev–Trinajstić information content (AvgIpc) is 2.27. The number of carboxylic acid groups (broad SMARTS) is 1. The van der Waals surface area contributed by atoms with Crippen LogP contribution >= 0.6 is 0 Å². The Hall–Kier alpha value is -2.08. The maximum Gasteiger partial charge on any atom is 0.312 e. The lowest BCUT2D eigenvalue weighted by Gasteiger charge is -2.14. The highest BCUT2D eigenvalue weighted by Crippen LogP contribution is 2.26. The standard InChI is InChI=1S/C13H18N2O4/c1-15(2)8-9-4-5-11(19-3)10(6-9)14-12(16)7-13(17)18/h4-6H,7-8H2,1-3H3,(H,14,16)(H,17,18). The van der Waals surface area contributed by atoms with Gasteiger partial charge in [0, 0.05) is 6.54 Å². The molecule has 1 aromatic rings. The van der Waals surface area contributed by atoms with Gasteiger partial charge in [0.05, 0.1) is 12.8 Å². The Morgan fingerprint density at radius 2 is 2.05 bits per heavy atom. The third-order valence-electron chi connectivity index (χ3n) is 2.35. The summed E-state index contributed by atoms with van der Waals surface area (Å²) in [6.45, 7) is 0.714. The number of benzene rings is 1. The molecule has 19 heavy (non-hydrogen) atoms. The minimum absolute atomic E-state index is 0.480. The molecule has 1 amide bonds. The fourth-order valence-electron chi connectivity index (χ4n) is 1.65. The second kappa shape index (κ2) is 6.75. The Bertz CT molecular complexity index is 472. The Balaban J connectivity index is 2.89. The van der Waals surface area contributed by atoms with Crippen molar-refractivity contribution in [3.8, 4) is 5.75 Å². The van der Waals surface area contributed by atoms with E-state index in [0.29, 0.717) is 18.0 Å². The highest BCUT2D eigenvalue weighted by molar-refractivity contribution is 6.02. The molecule has 0 aromatic heterocycles. The Morgan fingerprint density at radius 1 is 1.37 bits per heavy atom. The normalized spacial score (nSPS) is 10.3. The van der Waals surface area contributed by atoms with Gasteiger partial charge in [-0.3, -0.25) is 9.59 Å². The molecule has 0 bridgehead atoms. The van der Waals surface area contributed by atoms with Gasteiger partial charge in [-0.25, -0.2) is 0 Å². The number of ether oxygens (including phenoxy) is 1. The van der Waals surface area contributed by atoms with Crippen molar-refractivity contribution in [1.82, 2.24) is 4.90 Å². The van der Waals surface area contributed by atoms with E-state index >= 15 is 0 Å². The molecule has 0 fully saturated rings. The molecule has 0 aliphatic rings. The van der Waals surface area contributed by atoms with Gasteiger partial charge in [0.25, 0.3) is 0 Å². The van der Waals surface area contributed by atoms with Crippen LogP contribution in [0.2, 0.25) is 0 Å². The third-order valence-corrected chi connectivity index (χ3v) is 2.35. The van der Waals surface area contributed by atoms with E-state index < -0.39 is 18.3 Å². The first-order valence-electron chi connectivity index (χ1n) is 5.75. The number of amides is 1. The SMILES string of the molecule is COc1ccc(CN(C)C)cc1NC(=O)CC(=O)O. The van der Waals surface area contributed by atoms with Gasteiger partial charge in [-0.2, -0.15) is 0 Å². The number of carbonyl (C=O) groups excluding carboxylic acids is 1. The number of carboxylic acids is 1. The van der Waals surface area contributed by atoms with Crippen LogP contribution in [0, 0.1) is 0 Å². The van der Waals surface area contributed by atoms with Crippen LogP contribution in [0.15, 0.2) is 18.2 Å². The molecule has 0 spiro atoms. The summed E-state index contributed by atoms with van der Waals surface area (Å²) >= 11 is 0. The van der Waals surface area contributed by atoms with E-state index in [1.807, 2.05) is 25.1 Å². The average molecular weight is 266 g/mol. The highest BCUT2D eigenvalue weighted by atomic mass is 16.5. The molecule has 0 aliphatic carbocycles. The fraction of sp³-hybridized carbons (Fsp3) is 0.385. The number of nitrogens with zero attached hydrogens (tertiary/aromatic N) is 1. The van der Waals surface area contributed by atoms with E-state index in [1.54, 1.807) is 12.1 Å². The lowest BCUT2D eigenvalue weighted by Crippen LogP contribution is -2.17. The topological polar surface area (TPSA) is 78.9 Å². The second-order valence-electron chi connectivity index (χ2n) is 4.39. The molecule has 0 unspecified atom stereocenters. The largest absolute Gasteiger partial charge is 0.495 e. The number of anilines is 1. The van der Waals surface area contributed by atoms with Gasteiger partial charge in [0.15, 0.2) is 0 Å². The lowest BCUT2D eigenvalue weighted by atomic mass is 10.1. The zero-order valence-corrected chi connectivity index (χ0v) is 11.3. The van der Waals surface area contributed by atoms with Crippen molar-refractivity contribution in [1.29, 1.82) is 0 Å². The zero-order valence-electron chi connectivity index (χ0n) is 11.3. The quantitative estimate of drug-likeness (QED) is 0.756. The monoisotopic (exact) mass is 266 g/mol. The zero-order chi connectivity index (χ0) is 14.4. The number of hydrogen-bond donors (Lipinski definition) is 2. The van der Waals surface area contributed by atoms with E-state index in [-0.39, 0.29) is 0 Å². The van der Waals surface area contributed by atoms with Crippen molar-refractivity contribution in [2.24, 2.45) is 0 Å². The van der Waals surface area contributed by atoms with Gasteiger partial charge in [0.1, 0.15) is 12.2 Å². The van der Waals surface area contributed by atoms with Crippen molar-refractivity contribution in [3.05, 3.63) is 23.8 Å². The molecule has 2 N–H and O–H groups in total. The molecule has 6 heteroatoms. The minimum Gasteiger partial charge on any atom is -0.495 e. The molecule has 0 saturated carbocycles. The number of nitrogens with one attached hydrogen (secondary N) is 1. The first-order valence-corrected chi connectivity index (χ1v) is 5.75. The predicted octanol–water partition coefficient (Wildman–Crippen LogP) is 1.17. The summed E-state index contributed by atoms with van der Waals surface area (Å²) in [5.74, 6) is -1.24. The summed E-state index contributed by atoms with van der Waals surface area (Å²) in [6.07, 6.45) is -0.568. The molecule has 1 aromatic carbocycles. The van der Waals surface area contributed by atoms with Gasteiger partial charge in [-0.05, 0) is 31.8 Å². The van der Waals surface area contributed by atoms with Gasteiger partial charge in [-0.1, -0.05) is 6.07 Å². The first-order chi connectivity index (χ1) is 8.92. The maximum absolute atomic E-state index is 11.5. The maximum atomic E-state index is 11.5. The molecule has 0 aliphatic heterocycles. The minimum atomic E-state index is -1.17. The number of carbonyl (C=O) groups is 2. The van der Waals surface area contributed by atoms with Crippen molar-refractivity contribution in [2.75, 3.05) is 26.5 Å². The summed E-state index contributed by atoms with van der Waals surface area (Å²) < 4.78 is 5.14. The van der Waals surface area contributed by atoms with Crippen LogP contribution < -0.4 is 10.1 Å². The molecule has 0 atom stereocenters. The van der Waals surface area contributed by atoms with Gasteiger partial charge in [-0.15, -0.1) is 0 Å². The van der Waals surface area contributed by atoms with Crippen LogP contribution in [0.25, 0.3) is 0 Å². The number of methoxy groups -OCH3 is 1. The number of hydrogen-bond acceptors (Lipinski definition) is 4. The summed E-state index contributed by atoms with van der Waals surface area (Å²) in [5.41, 5.74) is 1.48. The van der Waals surface area contributed by atoms with E-state index in [0.717, 1.165) is 5.56 Å². The van der Waals surface area contributed by atoms with Crippen LogP contribution in [-0.2, 0) is 16.1 Å². The van der Waals surface area contributed by atoms with Crippen LogP contribution in [-0.4, -0.2) is 43.1 Å². The van der Waals surface area contributed by atoms with Crippen molar-refractivity contribution in [2.45, 2.75) is 13.0 Å². The third kappa shape index (κ3) is 4.97. The molecule has 6 nitrogen and oxygen atoms in total. The lowest BCUT2D eigenvalue weighted by molar-refractivity contribution is -0.139. The van der Waals surface area contributed by atoms with Crippen LogP contribution in [0.1, 0.15) is 12.0 Å². The summed E-state index contributed by atoms with van der Waals surface area (Å²) in [5, 5.41) is 11.1. The highest BCUT2D eigenvalue weighted by Gasteiger charge is 2.11. The van der Waals surface area contributed by atoms with E-state index in [2.05, 4.69) is 5.32 Å². The smallest absolute Gasteiger partial charge is 0.312 e. The second-order valence-corrected chi connectivity index (χ2v) is 4.39. The Labute approximate surface area is 112 Å². The number of aliphatic carboxylic acids is 1. The predicted molar refractivity (Wildman–Crippen MR) is 71.3 cm³/mol. The first kappa shape index (κ1) is 15.0. The molecular formula is C13H18N2O4. The molecule has 0 saturated heterocycles. The summed E-state index contributed by atoms with van der Waals surface area (Å²) in [6, 6.07) is 5.42. The molecule has 0 radical (unpaired) electrons. The van der Waals surface area contributed by atoms with Crippen LogP contribution in [0.4, 0.5) is 5.69 Å². The Kier molecular flexibility index (Phi) is 5.32. The van der Waals surface area contributed by atoms with Crippen molar-refractivity contribution in [3.63, 3.8) is 0 Å².